The third-order valence-electron chi connectivity index (χ3n) is 6.47. The molecule has 170 valence electrons. The number of carbonyl (C=O) groups is 2. The summed E-state index contributed by atoms with van der Waals surface area (Å²) in [5.74, 6) is -0.0889. The summed E-state index contributed by atoms with van der Waals surface area (Å²) in [5.41, 5.74) is 7.99. The van der Waals surface area contributed by atoms with Crippen LogP contribution >= 0.6 is 11.3 Å². The monoisotopic (exact) mass is 467 g/mol. The second-order valence-corrected chi connectivity index (χ2v) is 9.95. The van der Waals surface area contributed by atoms with E-state index in [0.717, 1.165) is 46.7 Å². The van der Waals surface area contributed by atoms with E-state index in [4.69, 9.17) is 4.52 Å². The van der Waals surface area contributed by atoms with E-state index in [9.17, 15) is 9.59 Å². The lowest BCUT2D eigenvalue weighted by Gasteiger charge is -2.07. The van der Waals surface area contributed by atoms with E-state index in [2.05, 4.69) is 18.1 Å². The van der Waals surface area contributed by atoms with E-state index >= 15 is 0 Å². The highest BCUT2D eigenvalue weighted by molar-refractivity contribution is 7.15. The number of rotatable bonds is 6. The summed E-state index contributed by atoms with van der Waals surface area (Å²) < 4.78 is 5.44. The van der Waals surface area contributed by atoms with Crippen molar-refractivity contribution in [3.63, 3.8) is 0 Å². The smallest absolute Gasteiger partial charge is 0.233 e. The number of allylic oxidation sites excluding steroid dienone is 2. The van der Waals surface area contributed by atoms with Crippen molar-refractivity contribution in [3.05, 3.63) is 99.2 Å². The van der Waals surface area contributed by atoms with Gasteiger partial charge >= 0.3 is 0 Å². The van der Waals surface area contributed by atoms with Crippen molar-refractivity contribution in [1.82, 2.24) is 5.16 Å². The molecule has 0 amide bonds. The molecule has 2 heterocycles. The largest absolute Gasteiger partial charge is 0.361 e. The molecular weight excluding hydrogens is 442 g/mol. The summed E-state index contributed by atoms with van der Waals surface area (Å²) in [6, 6.07) is 18.3. The molecule has 0 bridgehead atoms. The molecule has 5 heteroatoms. The molecule has 4 nitrogen and oxygen atoms in total. The van der Waals surface area contributed by atoms with Crippen LogP contribution in [0.15, 0.2) is 65.2 Å². The maximum Gasteiger partial charge on any atom is 0.233 e. The van der Waals surface area contributed by atoms with Crippen LogP contribution in [0.1, 0.15) is 67.4 Å². The Morgan fingerprint density at radius 2 is 1.50 bits per heavy atom. The predicted molar refractivity (Wildman–Crippen MR) is 136 cm³/mol. The molecule has 1 aliphatic rings. The molecule has 0 N–H and O–H groups in total. The molecule has 0 saturated carbocycles. The molecule has 4 aromatic rings. The first-order valence-electron chi connectivity index (χ1n) is 11.4. The second kappa shape index (κ2) is 8.99. The number of hydrogen-bond acceptors (Lipinski definition) is 5. The minimum absolute atomic E-state index is 0.408. The molecule has 0 fully saturated rings. The number of benzene rings is 2. The summed E-state index contributed by atoms with van der Waals surface area (Å²) in [4.78, 5) is 27.6. The highest BCUT2D eigenvalue weighted by Gasteiger charge is 2.25. The van der Waals surface area contributed by atoms with Crippen molar-refractivity contribution in [2.45, 2.75) is 40.0 Å². The summed E-state index contributed by atoms with van der Waals surface area (Å²) in [7, 11) is 0. The van der Waals surface area contributed by atoms with Gasteiger partial charge in [0, 0.05) is 26.4 Å². The highest BCUT2D eigenvalue weighted by atomic mass is 32.1. The van der Waals surface area contributed by atoms with E-state index in [1.165, 1.54) is 21.6 Å². The quantitative estimate of drug-likeness (QED) is 0.218. The molecule has 0 spiro atoms. The van der Waals surface area contributed by atoms with Crippen molar-refractivity contribution in [1.29, 1.82) is 0 Å². The fourth-order valence-electron chi connectivity index (χ4n) is 4.79. The zero-order chi connectivity index (χ0) is 23.8. The molecule has 5 rings (SSSR count). The topological polar surface area (TPSA) is 60.2 Å². The zero-order valence-corrected chi connectivity index (χ0v) is 20.3. The van der Waals surface area contributed by atoms with Crippen LogP contribution in [0.2, 0.25) is 0 Å². The molecule has 2 aromatic carbocycles. The first-order valence-corrected chi connectivity index (χ1v) is 12.3. The second-order valence-electron chi connectivity index (χ2n) is 8.69. The standard InChI is InChI=1S/C29H25NO3S/c1-17-27(18(2)33-30-17)24-11-7-10-23(24)25-16-26(34-19(25)3)20-12-14-22(15-13-20)29(32)28(31)21-8-5-4-6-9-21/h4-6,8-9,12-16H,7,10-11H2,1-3H3. The average molecular weight is 468 g/mol. The van der Waals surface area contributed by atoms with Crippen LogP contribution in [0.25, 0.3) is 21.6 Å². The Bertz CT molecular complexity index is 1400. The van der Waals surface area contributed by atoms with Gasteiger partial charge in [-0.15, -0.1) is 11.3 Å². The van der Waals surface area contributed by atoms with Gasteiger partial charge in [-0.3, -0.25) is 9.59 Å². The van der Waals surface area contributed by atoms with Crippen LogP contribution in [0.3, 0.4) is 0 Å². The van der Waals surface area contributed by atoms with Crippen molar-refractivity contribution >= 4 is 34.0 Å². The third kappa shape index (κ3) is 3.97. The Balaban J connectivity index is 1.44. The van der Waals surface area contributed by atoms with E-state index in [0.29, 0.717) is 11.1 Å². The van der Waals surface area contributed by atoms with Crippen LogP contribution < -0.4 is 0 Å². The van der Waals surface area contributed by atoms with E-state index in [1.54, 1.807) is 47.7 Å². The molecule has 0 radical (unpaired) electrons. The molecule has 1 aliphatic carbocycles. The van der Waals surface area contributed by atoms with Crippen LogP contribution in [0, 0.1) is 20.8 Å². The molecule has 0 saturated heterocycles. The van der Waals surface area contributed by atoms with E-state index < -0.39 is 11.6 Å². The van der Waals surface area contributed by atoms with Crippen molar-refractivity contribution in [2.75, 3.05) is 0 Å². The van der Waals surface area contributed by atoms with Gasteiger partial charge in [0.15, 0.2) is 0 Å². The highest BCUT2D eigenvalue weighted by Crippen LogP contribution is 2.45. The van der Waals surface area contributed by atoms with Crippen molar-refractivity contribution in [2.24, 2.45) is 0 Å². The van der Waals surface area contributed by atoms with Gasteiger partial charge in [0.1, 0.15) is 5.76 Å². The number of thiophene rings is 1. The van der Waals surface area contributed by atoms with E-state index in [1.807, 2.05) is 32.0 Å². The van der Waals surface area contributed by atoms with Gasteiger partial charge in [-0.25, -0.2) is 0 Å². The summed E-state index contributed by atoms with van der Waals surface area (Å²) in [6.45, 7) is 6.15. The minimum atomic E-state index is -0.485. The lowest BCUT2D eigenvalue weighted by Crippen LogP contribution is -2.14. The molecule has 0 aliphatic heterocycles. The summed E-state index contributed by atoms with van der Waals surface area (Å²) in [6.07, 6.45) is 3.21. The van der Waals surface area contributed by atoms with Crippen molar-refractivity contribution in [3.8, 4) is 10.4 Å². The lowest BCUT2D eigenvalue weighted by molar-refractivity contribution is 0.0817. The van der Waals surface area contributed by atoms with Crippen molar-refractivity contribution < 1.29 is 14.1 Å². The van der Waals surface area contributed by atoms with Gasteiger partial charge in [-0.2, -0.15) is 0 Å². The number of carbonyl (C=O) groups excluding carboxylic acids is 2. The fourth-order valence-corrected chi connectivity index (χ4v) is 5.84. The van der Waals surface area contributed by atoms with Gasteiger partial charge in [0.2, 0.25) is 11.6 Å². The minimum Gasteiger partial charge on any atom is -0.361 e. The van der Waals surface area contributed by atoms with Crippen LogP contribution in [0.5, 0.6) is 0 Å². The normalized spacial score (nSPS) is 13.5. The Labute approximate surface area is 202 Å². The lowest BCUT2D eigenvalue weighted by atomic mass is 9.95. The number of hydrogen-bond donors (Lipinski definition) is 0. The van der Waals surface area contributed by atoms with E-state index in [-0.39, 0.29) is 0 Å². The third-order valence-corrected chi connectivity index (χ3v) is 7.57. The van der Waals surface area contributed by atoms with Crippen LogP contribution in [-0.2, 0) is 0 Å². The first kappa shape index (κ1) is 22.2. The number of aryl methyl sites for hydroxylation is 3. The average Bonchev–Trinajstić information content (AvgIpc) is 3.57. The predicted octanol–water partition coefficient (Wildman–Crippen LogP) is 7.49. The summed E-state index contributed by atoms with van der Waals surface area (Å²) >= 11 is 1.75. The molecule has 34 heavy (non-hydrogen) atoms. The van der Waals surface area contributed by atoms with Gasteiger partial charge < -0.3 is 4.52 Å². The van der Waals surface area contributed by atoms with Crippen LogP contribution in [0.4, 0.5) is 0 Å². The number of Topliss-reactive ketones (excluding diaryl/α,β-unsaturated/α-hetero) is 2. The number of nitrogens with zero attached hydrogens (tertiary/aromatic N) is 1. The Hall–Kier alpha value is -3.57. The van der Waals surface area contributed by atoms with Gasteiger partial charge in [-0.05, 0) is 68.4 Å². The Morgan fingerprint density at radius 3 is 2.15 bits per heavy atom. The first-order chi connectivity index (χ1) is 16.4. The van der Waals surface area contributed by atoms with Crippen LogP contribution in [-0.4, -0.2) is 16.7 Å². The summed E-state index contributed by atoms with van der Waals surface area (Å²) in [5, 5.41) is 4.16. The van der Waals surface area contributed by atoms with Gasteiger partial charge in [0.25, 0.3) is 0 Å². The SMILES string of the molecule is Cc1noc(C)c1C1=C(c2cc(-c3ccc(C(=O)C(=O)c4ccccc4)cc3)sc2C)CCC1. The number of aromatic nitrogens is 1. The van der Waals surface area contributed by atoms with Gasteiger partial charge in [0.05, 0.1) is 5.69 Å². The fraction of sp³-hybridized carbons (Fsp3) is 0.207. The number of ketones is 2. The molecule has 2 aromatic heterocycles. The molecule has 0 unspecified atom stereocenters. The molecule has 0 atom stereocenters. The van der Waals surface area contributed by atoms with Gasteiger partial charge in [-0.1, -0.05) is 59.8 Å². The maximum absolute atomic E-state index is 12.7. The Kier molecular flexibility index (Phi) is 5.88. The zero-order valence-electron chi connectivity index (χ0n) is 19.5. The maximum atomic E-state index is 12.7. The Morgan fingerprint density at radius 1 is 0.853 bits per heavy atom. The molecular formula is C29H25NO3S.